The van der Waals surface area contributed by atoms with E-state index in [9.17, 15) is 9.59 Å². The van der Waals surface area contributed by atoms with E-state index < -0.39 is 17.6 Å². The van der Waals surface area contributed by atoms with Gasteiger partial charge in [0.25, 0.3) is 0 Å². The molecule has 0 spiro atoms. The Balaban J connectivity index is 2.61. The highest BCUT2D eigenvalue weighted by atomic mass is 16.2. The Kier molecular flexibility index (Phi) is 6.28. The number of urea groups is 1. The molecule has 124 valence electrons. The second kappa shape index (κ2) is 7.75. The van der Waals surface area contributed by atoms with Crippen molar-refractivity contribution in [2.24, 2.45) is 0 Å². The standard InChI is InChI=1S/C17H24N4O2/c1-12(15(22)19-16(23)20-17(2,3)4)21(5)11-14-8-6-7-13(9-14)10-18/h6-9,12H,11H2,1-5H3,(H2,19,20,22,23). The number of hydrogen-bond acceptors (Lipinski definition) is 4. The first-order valence-corrected chi connectivity index (χ1v) is 7.44. The molecule has 1 atom stereocenters. The lowest BCUT2D eigenvalue weighted by Gasteiger charge is -2.25. The molecule has 0 aliphatic heterocycles. The number of likely N-dealkylation sites (N-methyl/N-ethyl adjacent to an activating group) is 1. The predicted molar refractivity (Wildman–Crippen MR) is 88.5 cm³/mol. The minimum Gasteiger partial charge on any atom is -0.333 e. The molecule has 6 heteroatoms. The van der Waals surface area contributed by atoms with E-state index in [1.54, 1.807) is 26.1 Å². The Hall–Kier alpha value is -2.39. The van der Waals surface area contributed by atoms with Gasteiger partial charge in [-0.15, -0.1) is 0 Å². The van der Waals surface area contributed by atoms with E-state index in [1.807, 2.05) is 37.8 Å². The number of nitrogens with one attached hydrogen (secondary N) is 2. The van der Waals surface area contributed by atoms with Gasteiger partial charge in [-0.3, -0.25) is 15.0 Å². The van der Waals surface area contributed by atoms with Gasteiger partial charge in [-0.1, -0.05) is 12.1 Å². The van der Waals surface area contributed by atoms with Gasteiger partial charge in [0.1, 0.15) is 0 Å². The Morgan fingerprint density at radius 1 is 1.35 bits per heavy atom. The number of benzene rings is 1. The van der Waals surface area contributed by atoms with Gasteiger partial charge in [-0.2, -0.15) is 5.26 Å². The van der Waals surface area contributed by atoms with Crippen molar-refractivity contribution < 1.29 is 9.59 Å². The highest BCUT2D eigenvalue weighted by molar-refractivity contribution is 5.97. The maximum absolute atomic E-state index is 12.1. The van der Waals surface area contributed by atoms with Gasteiger partial charge in [0.05, 0.1) is 17.7 Å². The normalized spacial score (nSPS) is 12.4. The Bertz CT molecular complexity index is 614. The molecule has 0 fully saturated rings. The number of carbonyl (C=O) groups excluding carboxylic acids is 2. The first-order valence-electron chi connectivity index (χ1n) is 7.44. The van der Waals surface area contributed by atoms with Gasteiger partial charge in [0.15, 0.2) is 0 Å². The van der Waals surface area contributed by atoms with Crippen LogP contribution in [-0.4, -0.2) is 35.5 Å². The highest BCUT2D eigenvalue weighted by Crippen LogP contribution is 2.09. The van der Waals surface area contributed by atoms with Gasteiger partial charge in [0, 0.05) is 12.1 Å². The van der Waals surface area contributed by atoms with Crippen LogP contribution in [0, 0.1) is 11.3 Å². The van der Waals surface area contributed by atoms with Crippen LogP contribution >= 0.6 is 0 Å². The van der Waals surface area contributed by atoms with Crippen LogP contribution in [0.2, 0.25) is 0 Å². The zero-order valence-electron chi connectivity index (χ0n) is 14.3. The largest absolute Gasteiger partial charge is 0.333 e. The molecule has 0 bridgehead atoms. The maximum Gasteiger partial charge on any atom is 0.321 e. The van der Waals surface area contributed by atoms with E-state index in [4.69, 9.17) is 5.26 Å². The molecule has 23 heavy (non-hydrogen) atoms. The molecule has 0 heterocycles. The summed E-state index contributed by atoms with van der Waals surface area (Å²) < 4.78 is 0. The van der Waals surface area contributed by atoms with Crippen LogP contribution in [0.5, 0.6) is 0 Å². The molecule has 2 N–H and O–H groups in total. The Labute approximate surface area is 137 Å². The van der Waals surface area contributed by atoms with E-state index in [-0.39, 0.29) is 5.91 Å². The molecule has 0 saturated heterocycles. The summed E-state index contributed by atoms with van der Waals surface area (Å²) in [6.45, 7) is 7.76. The van der Waals surface area contributed by atoms with Crippen molar-refractivity contribution in [2.75, 3.05) is 7.05 Å². The number of rotatable bonds is 4. The van der Waals surface area contributed by atoms with Crippen molar-refractivity contribution in [3.05, 3.63) is 35.4 Å². The number of carbonyl (C=O) groups is 2. The predicted octanol–water partition coefficient (Wildman–Crippen LogP) is 2.00. The topological polar surface area (TPSA) is 85.2 Å². The summed E-state index contributed by atoms with van der Waals surface area (Å²) in [6, 6.07) is 8.33. The van der Waals surface area contributed by atoms with Gasteiger partial charge < -0.3 is 5.32 Å². The summed E-state index contributed by atoms with van der Waals surface area (Å²) >= 11 is 0. The lowest BCUT2D eigenvalue weighted by atomic mass is 10.1. The fourth-order valence-corrected chi connectivity index (χ4v) is 1.95. The minimum absolute atomic E-state index is 0.370. The number of imide groups is 1. The van der Waals surface area contributed by atoms with Crippen LogP contribution in [-0.2, 0) is 11.3 Å². The number of amides is 3. The maximum atomic E-state index is 12.1. The van der Waals surface area contributed by atoms with Crippen LogP contribution in [0.3, 0.4) is 0 Å². The summed E-state index contributed by atoms with van der Waals surface area (Å²) in [6.07, 6.45) is 0. The van der Waals surface area contributed by atoms with E-state index in [1.165, 1.54) is 0 Å². The minimum atomic E-state index is -0.505. The van der Waals surface area contributed by atoms with Crippen molar-refractivity contribution in [1.82, 2.24) is 15.5 Å². The van der Waals surface area contributed by atoms with Crippen molar-refractivity contribution in [2.45, 2.75) is 45.8 Å². The summed E-state index contributed by atoms with van der Waals surface area (Å²) in [5, 5.41) is 13.9. The molecule has 1 unspecified atom stereocenters. The number of nitriles is 1. The van der Waals surface area contributed by atoms with E-state index >= 15 is 0 Å². The Morgan fingerprint density at radius 3 is 2.57 bits per heavy atom. The molecule has 1 aromatic rings. The molecule has 0 aliphatic carbocycles. The van der Waals surface area contributed by atoms with Crippen molar-refractivity contribution >= 4 is 11.9 Å². The van der Waals surface area contributed by atoms with Crippen molar-refractivity contribution in [3.8, 4) is 6.07 Å². The summed E-state index contributed by atoms with van der Waals surface area (Å²) in [5.41, 5.74) is 1.11. The fraction of sp³-hybridized carbons (Fsp3) is 0.471. The molecule has 0 saturated carbocycles. The van der Waals surface area contributed by atoms with Gasteiger partial charge >= 0.3 is 6.03 Å². The zero-order chi connectivity index (χ0) is 17.6. The molecule has 6 nitrogen and oxygen atoms in total. The third-order valence-electron chi connectivity index (χ3n) is 3.25. The zero-order valence-corrected chi connectivity index (χ0v) is 14.3. The smallest absolute Gasteiger partial charge is 0.321 e. The monoisotopic (exact) mass is 316 g/mol. The molecular formula is C17H24N4O2. The summed E-state index contributed by atoms with van der Waals surface area (Å²) in [5.74, 6) is -0.370. The second-order valence-corrected chi connectivity index (χ2v) is 6.60. The van der Waals surface area contributed by atoms with E-state index in [0.717, 1.165) is 5.56 Å². The van der Waals surface area contributed by atoms with Crippen LogP contribution < -0.4 is 10.6 Å². The van der Waals surface area contributed by atoms with E-state index in [0.29, 0.717) is 12.1 Å². The average molecular weight is 316 g/mol. The van der Waals surface area contributed by atoms with Gasteiger partial charge in [-0.05, 0) is 52.4 Å². The van der Waals surface area contributed by atoms with Crippen LogP contribution in [0.1, 0.15) is 38.8 Å². The van der Waals surface area contributed by atoms with Gasteiger partial charge in [-0.25, -0.2) is 4.79 Å². The molecule has 0 aromatic heterocycles. The summed E-state index contributed by atoms with van der Waals surface area (Å²) in [7, 11) is 1.80. The summed E-state index contributed by atoms with van der Waals surface area (Å²) in [4.78, 5) is 25.7. The van der Waals surface area contributed by atoms with Crippen LogP contribution in [0.15, 0.2) is 24.3 Å². The first kappa shape index (κ1) is 18.7. The van der Waals surface area contributed by atoms with Gasteiger partial charge in [0.2, 0.25) is 5.91 Å². The van der Waals surface area contributed by atoms with Crippen molar-refractivity contribution in [1.29, 1.82) is 5.26 Å². The van der Waals surface area contributed by atoms with Crippen LogP contribution in [0.25, 0.3) is 0 Å². The molecule has 0 aliphatic rings. The molecule has 0 radical (unpaired) electrons. The highest BCUT2D eigenvalue weighted by Gasteiger charge is 2.22. The lowest BCUT2D eigenvalue weighted by molar-refractivity contribution is -0.124. The molecule has 1 aromatic carbocycles. The number of nitrogens with zero attached hydrogens (tertiary/aromatic N) is 2. The van der Waals surface area contributed by atoms with E-state index in [2.05, 4.69) is 16.7 Å². The quantitative estimate of drug-likeness (QED) is 0.889. The third kappa shape index (κ3) is 6.49. The third-order valence-corrected chi connectivity index (χ3v) is 3.25. The van der Waals surface area contributed by atoms with Crippen molar-refractivity contribution in [3.63, 3.8) is 0 Å². The lowest BCUT2D eigenvalue weighted by Crippen LogP contribution is -2.52. The average Bonchev–Trinajstić information content (AvgIpc) is 2.44. The van der Waals surface area contributed by atoms with Crippen LogP contribution in [0.4, 0.5) is 4.79 Å². The second-order valence-electron chi connectivity index (χ2n) is 6.60. The Morgan fingerprint density at radius 2 is 2.00 bits per heavy atom. The number of hydrogen-bond donors (Lipinski definition) is 2. The molecule has 1 rings (SSSR count). The SMILES string of the molecule is CC(C(=O)NC(=O)NC(C)(C)C)N(C)Cc1cccc(C#N)c1. The molecular weight excluding hydrogens is 292 g/mol. The first-order chi connectivity index (χ1) is 10.6. The fourth-order valence-electron chi connectivity index (χ4n) is 1.95. The molecule has 3 amide bonds.